The Hall–Kier alpha value is -2.53. The van der Waals surface area contributed by atoms with Gasteiger partial charge in [-0.3, -0.25) is 9.21 Å². The molecule has 0 spiro atoms. The molecule has 0 bridgehead atoms. The first-order valence-corrected chi connectivity index (χ1v) is 11.2. The number of hydrogen-bond acceptors (Lipinski definition) is 5. The summed E-state index contributed by atoms with van der Waals surface area (Å²) in [4.78, 5) is 4.47. The Bertz CT molecular complexity index is 959. The minimum atomic E-state index is -3.74. The summed E-state index contributed by atoms with van der Waals surface area (Å²) in [6.07, 6.45) is 0. The van der Waals surface area contributed by atoms with Crippen LogP contribution in [0.4, 0.5) is 5.69 Å². The Morgan fingerprint density at radius 1 is 0.867 bits per heavy atom. The third kappa shape index (κ3) is 6.77. The highest BCUT2D eigenvalue weighted by Crippen LogP contribution is 2.25. The summed E-state index contributed by atoms with van der Waals surface area (Å²) in [5.74, 6) is 6.79. The van der Waals surface area contributed by atoms with Gasteiger partial charge in [-0.2, -0.15) is 0 Å². The van der Waals surface area contributed by atoms with E-state index in [2.05, 4.69) is 21.6 Å². The van der Waals surface area contributed by atoms with Gasteiger partial charge < -0.3 is 9.64 Å². The maximum Gasteiger partial charge on any atom is 0.265 e. The molecule has 7 heteroatoms. The fourth-order valence-electron chi connectivity index (χ4n) is 2.67. The van der Waals surface area contributed by atoms with Crippen molar-refractivity contribution in [1.82, 2.24) is 9.80 Å². The molecule has 0 saturated carbocycles. The zero-order valence-corrected chi connectivity index (χ0v) is 19.2. The lowest BCUT2D eigenvalue weighted by Crippen LogP contribution is -2.32. The highest BCUT2D eigenvalue weighted by molar-refractivity contribution is 7.92. The van der Waals surface area contributed by atoms with Crippen molar-refractivity contribution in [3.63, 3.8) is 0 Å². The first-order valence-electron chi connectivity index (χ1n) is 9.76. The highest BCUT2D eigenvalue weighted by atomic mass is 32.2. The van der Waals surface area contributed by atoms with Crippen LogP contribution < -0.4 is 9.04 Å². The number of aryl methyl sites for hydroxylation is 1. The van der Waals surface area contributed by atoms with Crippen LogP contribution in [0, 0.1) is 18.8 Å². The van der Waals surface area contributed by atoms with E-state index in [1.165, 1.54) is 4.31 Å². The molecule has 0 radical (unpaired) electrons. The average Bonchev–Trinajstić information content (AvgIpc) is 2.72. The summed E-state index contributed by atoms with van der Waals surface area (Å²) in [7, 11) is 3.90. The van der Waals surface area contributed by atoms with E-state index >= 15 is 0 Å². The van der Waals surface area contributed by atoms with E-state index in [4.69, 9.17) is 4.74 Å². The summed E-state index contributed by atoms with van der Waals surface area (Å²) in [6, 6.07) is 13.8. The van der Waals surface area contributed by atoms with E-state index in [1.807, 2.05) is 28.1 Å². The molecule has 6 nitrogen and oxygen atoms in total. The molecule has 162 valence electrons. The summed E-state index contributed by atoms with van der Waals surface area (Å²) in [5, 5.41) is 0. The predicted octanol–water partition coefficient (Wildman–Crippen LogP) is 2.70. The molecule has 0 heterocycles. The zero-order valence-electron chi connectivity index (χ0n) is 18.4. The average molecular weight is 430 g/mol. The van der Waals surface area contributed by atoms with Crippen LogP contribution in [-0.2, 0) is 10.0 Å². The first kappa shape index (κ1) is 23.7. The molecular weight excluding hydrogens is 398 g/mol. The zero-order chi connectivity index (χ0) is 22.1. The van der Waals surface area contributed by atoms with Gasteiger partial charge in [0.2, 0.25) is 0 Å². The van der Waals surface area contributed by atoms with Crippen LogP contribution in [0.25, 0.3) is 0 Å². The van der Waals surface area contributed by atoms with Crippen LogP contribution in [0.5, 0.6) is 5.75 Å². The van der Waals surface area contributed by atoms with Gasteiger partial charge in [-0.25, -0.2) is 8.42 Å². The summed E-state index contributed by atoms with van der Waals surface area (Å²) >= 11 is 0. The maximum atomic E-state index is 13.3. The van der Waals surface area contributed by atoms with Crippen molar-refractivity contribution >= 4 is 15.7 Å². The molecule has 2 rings (SSSR count). The van der Waals surface area contributed by atoms with Crippen molar-refractivity contribution < 1.29 is 13.2 Å². The highest BCUT2D eigenvalue weighted by Gasteiger charge is 2.24. The van der Waals surface area contributed by atoms with Gasteiger partial charge in [-0.15, -0.1) is 0 Å². The minimum Gasteiger partial charge on any atom is -0.497 e. The molecule has 0 saturated heterocycles. The molecule has 0 aliphatic rings. The monoisotopic (exact) mass is 429 g/mol. The van der Waals surface area contributed by atoms with E-state index in [1.54, 1.807) is 55.6 Å². The van der Waals surface area contributed by atoms with Crippen molar-refractivity contribution in [2.75, 3.05) is 58.7 Å². The Morgan fingerprint density at radius 3 is 2.03 bits per heavy atom. The number of sulfonamides is 1. The number of benzene rings is 2. The number of rotatable bonds is 9. The predicted molar refractivity (Wildman–Crippen MR) is 123 cm³/mol. The van der Waals surface area contributed by atoms with Gasteiger partial charge in [-0.05, 0) is 64.5 Å². The number of likely N-dealkylation sites (N-methyl/N-ethyl adjacent to an activating group) is 2. The summed E-state index contributed by atoms with van der Waals surface area (Å²) < 4.78 is 33.2. The standard InChI is InChI=1S/C23H31N3O3S/c1-20-8-14-23(15-9-20)30(27,28)26(21-10-12-22(29-5)13-11-21)17-7-6-16-25(4)19-18-24(2)3/h8-15H,16-19H2,1-5H3. The van der Waals surface area contributed by atoms with Crippen LogP contribution in [0.1, 0.15) is 5.56 Å². The van der Waals surface area contributed by atoms with Gasteiger partial charge in [0.05, 0.1) is 30.8 Å². The Balaban J connectivity index is 2.24. The fourth-order valence-corrected chi connectivity index (χ4v) is 4.04. The molecule has 0 unspecified atom stereocenters. The van der Waals surface area contributed by atoms with Crippen LogP contribution >= 0.6 is 0 Å². The van der Waals surface area contributed by atoms with Crippen molar-refractivity contribution in [3.05, 3.63) is 54.1 Å². The third-order valence-corrected chi connectivity index (χ3v) is 6.38. The molecule has 0 aliphatic carbocycles. The minimum absolute atomic E-state index is 0.0735. The molecule has 0 aliphatic heterocycles. The van der Waals surface area contributed by atoms with Crippen LogP contribution in [0.15, 0.2) is 53.4 Å². The normalized spacial score (nSPS) is 11.3. The Morgan fingerprint density at radius 2 is 1.47 bits per heavy atom. The van der Waals surface area contributed by atoms with Crippen LogP contribution in [-0.4, -0.2) is 72.6 Å². The van der Waals surface area contributed by atoms with Gasteiger partial charge in [0, 0.05) is 13.1 Å². The van der Waals surface area contributed by atoms with Crippen molar-refractivity contribution in [1.29, 1.82) is 0 Å². The van der Waals surface area contributed by atoms with E-state index in [0.29, 0.717) is 18.0 Å². The van der Waals surface area contributed by atoms with E-state index in [-0.39, 0.29) is 11.4 Å². The van der Waals surface area contributed by atoms with Crippen molar-refractivity contribution in [2.24, 2.45) is 0 Å². The lowest BCUT2D eigenvalue weighted by atomic mass is 10.2. The summed E-state index contributed by atoms with van der Waals surface area (Å²) in [6.45, 7) is 4.42. The quantitative estimate of drug-likeness (QED) is 0.574. The van der Waals surface area contributed by atoms with Gasteiger partial charge in [0.15, 0.2) is 0 Å². The summed E-state index contributed by atoms with van der Waals surface area (Å²) in [5.41, 5.74) is 1.55. The lowest BCUT2D eigenvalue weighted by molar-refractivity contribution is 0.305. The van der Waals surface area contributed by atoms with Gasteiger partial charge >= 0.3 is 0 Å². The van der Waals surface area contributed by atoms with Gasteiger partial charge in [0.1, 0.15) is 5.75 Å². The largest absolute Gasteiger partial charge is 0.497 e. The SMILES string of the molecule is COc1ccc(N(CC#CCN(C)CCN(C)C)S(=O)(=O)c2ccc(C)cc2)cc1. The number of anilines is 1. The lowest BCUT2D eigenvalue weighted by Gasteiger charge is -2.23. The molecule has 2 aromatic rings. The molecule has 0 amide bonds. The second kappa shape index (κ2) is 11.0. The number of ether oxygens (including phenoxy) is 1. The molecule has 0 fully saturated rings. The number of methoxy groups -OCH3 is 1. The van der Waals surface area contributed by atoms with Gasteiger partial charge in [-0.1, -0.05) is 29.5 Å². The first-order chi connectivity index (χ1) is 14.2. The Kier molecular flexibility index (Phi) is 8.72. The Labute approximate surface area is 181 Å². The topological polar surface area (TPSA) is 53.1 Å². The van der Waals surface area contributed by atoms with Gasteiger partial charge in [0.25, 0.3) is 10.0 Å². The third-order valence-electron chi connectivity index (χ3n) is 4.59. The number of hydrogen-bond donors (Lipinski definition) is 0. The van der Waals surface area contributed by atoms with Crippen molar-refractivity contribution in [3.8, 4) is 17.6 Å². The maximum absolute atomic E-state index is 13.3. The van der Waals surface area contributed by atoms with Crippen molar-refractivity contribution in [2.45, 2.75) is 11.8 Å². The smallest absolute Gasteiger partial charge is 0.265 e. The molecule has 30 heavy (non-hydrogen) atoms. The van der Waals surface area contributed by atoms with Crippen LogP contribution in [0.3, 0.4) is 0 Å². The molecular formula is C23H31N3O3S. The molecule has 0 aromatic heterocycles. The van der Waals surface area contributed by atoms with E-state index < -0.39 is 10.0 Å². The molecule has 2 aromatic carbocycles. The fraction of sp³-hybridized carbons (Fsp3) is 0.391. The molecule has 0 N–H and O–H groups in total. The number of nitrogens with zero attached hydrogens (tertiary/aromatic N) is 3. The van der Waals surface area contributed by atoms with E-state index in [9.17, 15) is 8.42 Å². The van der Waals surface area contributed by atoms with Crippen LogP contribution in [0.2, 0.25) is 0 Å². The second-order valence-electron chi connectivity index (χ2n) is 7.42. The van der Waals surface area contributed by atoms with E-state index in [0.717, 1.165) is 18.7 Å². The second-order valence-corrected chi connectivity index (χ2v) is 9.28. The molecule has 0 atom stereocenters.